The zero-order valence-electron chi connectivity index (χ0n) is 16.7. The topological polar surface area (TPSA) is 134 Å². The van der Waals surface area contributed by atoms with Crippen molar-refractivity contribution >= 4 is 40.7 Å². The Kier molecular flexibility index (Phi) is 6.46. The normalized spacial score (nSPS) is 18.5. The number of primary amides is 1. The van der Waals surface area contributed by atoms with Crippen molar-refractivity contribution in [3.63, 3.8) is 0 Å². The summed E-state index contributed by atoms with van der Waals surface area (Å²) in [5, 5.41) is 5.08. The van der Waals surface area contributed by atoms with Gasteiger partial charge in [0.25, 0.3) is 5.91 Å². The Labute approximate surface area is 177 Å². The zero-order chi connectivity index (χ0) is 21.8. The molecule has 10 heteroatoms. The SMILES string of the molecule is CNC(=O)c1ccc(C2CC[C@H](C)CN2C(=O)C(=O)Nc2cncc(C(N)=O)c2)s1. The Balaban J connectivity index is 1.79. The predicted molar refractivity (Wildman–Crippen MR) is 112 cm³/mol. The van der Waals surface area contributed by atoms with E-state index in [0.717, 1.165) is 11.3 Å². The molecule has 1 saturated heterocycles. The van der Waals surface area contributed by atoms with Crippen molar-refractivity contribution in [2.75, 3.05) is 18.9 Å². The van der Waals surface area contributed by atoms with Gasteiger partial charge in [0.1, 0.15) is 0 Å². The highest BCUT2D eigenvalue weighted by atomic mass is 32.1. The average Bonchev–Trinajstić information content (AvgIpc) is 3.22. The molecule has 1 aliphatic heterocycles. The fourth-order valence-corrected chi connectivity index (χ4v) is 4.51. The van der Waals surface area contributed by atoms with Gasteiger partial charge >= 0.3 is 11.8 Å². The molecule has 0 saturated carbocycles. The number of carbonyl (C=O) groups excluding carboxylic acids is 4. The first-order chi connectivity index (χ1) is 14.3. The molecule has 0 radical (unpaired) electrons. The van der Waals surface area contributed by atoms with E-state index in [2.05, 4.69) is 15.6 Å². The Hall–Kier alpha value is -3.27. The number of nitrogens with two attached hydrogens (primary N) is 1. The molecule has 3 rings (SSSR count). The third-order valence-electron chi connectivity index (χ3n) is 4.96. The first-order valence-corrected chi connectivity index (χ1v) is 10.3. The van der Waals surface area contributed by atoms with E-state index in [1.165, 1.54) is 29.8 Å². The second-order valence-electron chi connectivity index (χ2n) is 7.22. The summed E-state index contributed by atoms with van der Waals surface area (Å²) in [6, 6.07) is 4.64. The van der Waals surface area contributed by atoms with Crippen LogP contribution in [0.5, 0.6) is 0 Å². The van der Waals surface area contributed by atoms with Gasteiger partial charge in [-0.05, 0) is 37.0 Å². The lowest BCUT2D eigenvalue weighted by molar-refractivity contribution is -0.146. The number of hydrogen-bond acceptors (Lipinski definition) is 6. The summed E-state index contributed by atoms with van der Waals surface area (Å²) < 4.78 is 0. The predicted octanol–water partition coefficient (Wildman–Crippen LogP) is 1.54. The number of aromatic nitrogens is 1. The largest absolute Gasteiger partial charge is 0.366 e. The molecule has 4 N–H and O–H groups in total. The molecular weight excluding hydrogens is 406 g/mol. The van der Waals surface area contributed by atoms with Crippen LogP contribution in [-0.2, 0) is 9.59 Å². The molecule has 1 aliphatic rings. The molecule has 158 valence electrons. The van der Waals surface area contributed by atoms with E-state index in [1.54, 1.807) is 18.0 Å². The van der Waals surface area contributed by atoms with E-state index in [0.29, 0.717) is 17.8 Å². The van der Waals surface area contributed by atoms with Crippen LogP contribution < -0.4 is 16.4 Å². The highest BCUT2D eigenvalue weighted by Crippen LogP contribution is 2.37. The van der Waals surface area contributed by atoms with E-state index in [-0.39, 0.29) is 29.1 Å². The molecule has 3 heterocycles. The van der Waals surface area contributed by atoms with Gasteiger partial charge in [0.15, 0.2) is 0 Å². The summed E-state index contributed by atoms with van der Waals surface area (Å²) in [6.45, 7) is 2.46. The summed E-state index contributed by atoms with van der Waals surface area (Å²) in [6.07, 6.45) is 4.23. The Morgan fingerprint density at radius 1 is 1.20 bits per heavy atom. The fourth-order valence-electron chi connectivity index (χ4n) is 3.41. The highest BCUT2D eigenvalue weighted by molar-refractivity contribution is 7.14. The number of carbonyl (C=O) groups is 4. The molecule has 1 fully saturated rings. The number of piperidine rings is 1. The highest BCUT2D eigenvalue weighted by Gasteiger charge is 2.35. The molecule has 1 unspecified atom stereocenters. The van der Waals surface area contributed by atoms with Crippen molar-refractivity contribution in [2.24, 2.45) is 11.7 Å². The average molecular weight is 430 g/mol. The van der Waals surface area contributed by atoms with Crippen molar-refractivity contribution in [1.82, 2.24) is 15.2 Å². The molecule has 0 aromatic carbocycles. The van der Waals surface area contributed by atoms with Crippen LogP contribution in [0.1, 0.15) is 50.7 Å². The molecule has 2 aromatic heterocycles. The summed E-state index contributed by atoms with van der Waals surface area (Å²) in [5.41, 5.74) is 5.57. The van der Waals surface area contributed by atoms with Gasteiger partial charge in [-0.25, -0.2) is 0 Å². The fraction of sp³-hybridized carbons (Fsp3) is 0.350. The van der Waals surface area contributed by atoms with Crippen molar-refractivity contribution in [3.8, 4) is 0 Å². The van der Waals surface area contributed by atoms with Crippen LogP contribution in [0.3, 0.4) is 0 Å². The van der Waals surface area contributed by atoms with Crippen LogP contribution in [-0.4, -0.2) is 47.1 Å². The van der Waals surface area contributed by atoms with E-state index >= 15 is 0 Å². The van der Waals surface area contributed by atoms with E-state index < -0.39 is 17.7 Å². The lowest BCUT2D eigenvalue weighted by Gasteiger charge is -2.37. The van der Waals surface area contributed by atoms with Crippen LogP contribution in [0.2, 0.25) is 0 Å². The van der Waals surface area contributed by atoms with E-state index in [1.807, 2.05) is 13.0 Å². The molecule has 0 spiro atoms. The van der Waals surface area contributed by atoms with Gasteiger partial charge in [-0.3, -0.25) is 24.2 Å². The minimum absolute atomic E-state index is 0.130. The Morgan fingerprint density at radius 2 is 1.97 bits per heavy atom. The van der Waals surface area contributed by atoms with Crippen molar-refractivity contribution in [1.29, 1.82) is 0 Å². The van der Waals surface area contributed by atoms with Crippen LogP contribution in [0.25, 0.3) is 0 Å². The quantitative estimate of drug-likeness (QED) is 0.634. The maximum absolute atomic E-state index is 13.0. The molecular formula is C20H23N5O4S. The lowest BCUT2D eigenvalue weighted by Crippen LogP contribution is -2.46. The summed E-state index contributed by atoms with van der Waals surface area (Å²) in [5.74, 6) is -2.12. The number of pyridine rings is 1. The van der Waals surface area contributed by atoms with Crippen LogP contribution in [0.4, 0.5) is 5.69 Å². The number of nitrogens with zero attached hydrogens (tertiary/aromatic N) is 2. The second kappa shape index (κ2) is 9.04. The molecule has 0 bridgehead atoms. The van der Waals surface area contributed by atoms with Gasteiger partial charge in [0.05, 0.1) is 28.4 Å². The van der Waals surface area contributed by atoms with Gasteiger partial charge in [-0.2, -0.15) is 0 Å². The van der Waals surface area contributed by atoms with Crippen LogP contribution in [0.15, 0.2) is 30.6 Å². The molecule has 2 atom stereocenters. The monoisotopic (exact) mass is 429 g/mol. The smallest absolute Gasteiger partial charge is 0.313 e. The first kappa shape index (κ1) is 21.4. The molecule has 30 heavy (non-hydrogen) atoms. The van der Waals surface area contributed by atoms with Gasteiger partial charge in [0, 0.05) is 24.7 Å². The van der Waals surface area contributed by atoms with Gasteiger partial charge < -0.3 is 21.3 Å². The van der Waals surface area contributed by atoms with Gasteiger partial charge in [-0.15, -0.1) is 11.3 Å². The van der Waals surface area contributed by atoms with Crippen LogP contribution >= 0.6 is 11.3 Å². The Morgan fingerprint density at radius 3 is 2.67 bits per heavy atom. The summed E-state index contributed by atoms with van der Waals surface area (Å²) in [7, 11) is 1.56. The van der Waals surface area contributed by atoms with Crippen molar-refractivity contribution < 1.29 is 19.2 Å². The van der Waals surface area contributed by atoms with Crippen molar-refractivity contribution in [3.05, 3.63) is 45.9 Å². The summed E-state index contributed by atoms with van der Waals surface area (Å²) >= 11 is 1.32. The Bertz CT molecular complexity index is 989. The van der Waals surface area contributed by atoms with E-state index in [4.69, 9.17) is 5.73 Å². The minimum atomic E-state index is -0.819. The maximum Gasteiger partial charge on any atom is 0.313 e. The van der Waals surface area contributed by atoms with E-state index in [9.17, 15) is 19.2 Å². The molecule has 2 aromatic rings. The molecule has 9 nitrogen and oxygen atoms in total. The maximum atomic E-state index is 13.0. The number of amides is 4. The number of rotatable bonds is 4. The third kappa shape index (κ3) is 4.65. The minimum Gasteiger partial charge on any atom is -0.366 e. The first-order valence-electron chi connectivity index (χ1n) is 9.48. The molecule has 4 amide bonds. The standard InChI is InChI=1S/C20H23N5O4S/c1-11-3-4-14(15-5-6-16(30-15)18(27)22-2)25(10-11)20(29)19(28)24-13-7-12(17(21)26)8-23-9-13/h5-9,11,14H,3-4,10H2,1-2H3,(H2,21,26)(H,22,27)(H,24,28)/t11-,14?/m0/s1. The number of anilines is 1. The van der Waals surface area contributed by atoms with Gasteiger partial charge in [0.2, 0.25) is 5.91 Å². The second-order valence-corrected chi connectivity index (χ2v) is 8.33. The van der Waals surface area contributed by atoms with Crippen LogP contribution in [0, 0.1) is 5.92 Å². The van der Waals surface area contributed by atoms with Gasteiger partial charge in [-0.1, -0.05) is 6.92 Å². The molecule has 0 aliphatic carbocycles. The third-order valence-corrected chi connectivity index (χ3v) is 6.14. The summed E-state index contributed by atoms with van der Waals surface area (Å²) in [4.78, 5) is 55.6. The van der Waals surface area contributed by atoms with Crippen molar-refractivity contribution in [2.45, 2.75) is 25.8 Å². The zero-order valence-corrected chi connectivity index (χ0v) is 17.5. The number of hydrogen-bond donors (Lipinski definition) is 3. The lowest BCUT2D eigenvalue weighted by atomic mass is 9.93. The number of likely N-dealkylation sites (tertiary alicyclic amines) is 1. The number of nitrogens with one attached hydrogen (secondary N) is 2. The number of thiophene rings is 1.